The Labute approximate surface area is 108 Å². The van der Waals surface area contributed by atoms with E-state index in [-0.39, 0.29) is 5.56 Å². The Bertz CT molecular complexity index is 473. The normalized spacial score (nSPS) is 19.4. The van der Waals surface area contributed by atoms with Gasteiger partial charge in [0.15, 0.2) is 17.5 Å². The van der Waals surface area contributed by atoms with E-state index in [1.54, 1.807) is 0 Å². The number of piperazine rings is 1. The van der Waals surface area contributed by atoms with Gasteiger partial charge in [0.05, 0.1) is 13.2 Å². The first kappa shape index (κ1) is 13.7. The van der Waals surface area contributed by atoms with Crippen molar-refractivity contribution in [1.82, 2.24) is 10.2 Å². The van der Waals surface area contributed by atoms with Crippen LogP contribution in [0, 0.1) is 17.5 Å². The molecular formula is C12H13F3N2O2. The Balaban J connectivity index is 2.35. The van der Waals surface area contributed by atoms with Crippen LogP contribution >= 0.6 is 0 Å². The van der Waals surface area contributed by atoms with E-state index in [9.17, 15) is 18.0 Å². The summed E-state index contributed by atoms with van der Waals surface area (Å²) in [6.45, 7) is 1.22. The summed E-state index contributed by atoms with van der Waals surface area (Å²) in [6.07, 6.45) is -0.586. The third kappa shape index (κ3) is 2.65. The third-order valence-corrected chi connectivity index (χ3v) is 3.04. The molecule has 1 aliphatic rings. The number of nitrogens with one attached hydrogen (secondary N) is 1. The number of hydrogen-bond donors (Lipinski definition) is 1. The maximum absolute atomic E-state index is 13.2. The van der Waals surface area contributed by atoms with Gasteiger partial charge in [-0.1, -0.05) is 0 Å². The number of methoxy groups -OCH3 is 1. The molecule has 0 bridgehead atoms. The van der Waals surface area contributed by atoms with E-state index in [1.165, 1.54) is 12.0 Å². The molecule has 1 unspecified atom stereocenters. The molecule has 1 aliphatic heterocycles. The zero-order valence-electron chi connectivity index (χ0n) is 10.3. The largest absolute Gasteiger partial charge is 0.453 e. The predicted octanol–water partition coefficient (Wildman–Crippen LogP) is 1.82. The van der Waals surface area contributed by atoms with Crippen LogP contribution in [0.3, 0.4) is 0 Å². The molecule has 0 spiro atoms. The van der Waals surface area contributed by atoms with Crippen molar-refractivity contribution in [3.63, 3.8) is 0 Å². The summed E-state index contributed by atoms with van der Waals surface area (Å²) in [4.78, 5) is 13.0. The molecule has 1 saturated heterocycles. The first-order chi connectivity index (χ1) is 9.04. The molecule has 1 aromatic rings. The second kappa shape index (κ2) is 5.48. The van der Waals surface area contributed by atoms with Crippen molar-refractivity contribution in [3.8, 4) is 0 Å². The van der Waals surface area contributed by atoms with Gasteiger partial charge in [0.2, 0.25) is 0 Å². The van der Waals surface area contributed by atoms with Gasteiger partial charge in [-0.05, 0) is 17.7 Å². The Morgan fingerprint density at radius 2 is 2.00 bits per heavy atom. The highest BCUT2D eigenvalue weighted by atomic mass is 19.2. The lowest BCUT2D eigenvalue weighted by atomic mass is 10.0. The zero-order valence-corrected chi connectivity index (χ0v) is 10.3. The SMILES string of the molecule is COC(=O)N1CCNCC1c1cc(F)c(F)c(F)c1. The van der Waals surface area contributed by atoms with Crippen molar-refractivity contribution in [3.05, 3.63) is 35.1 Å². The Morgan fingerprint density at radius 3 is 2.58 bits per heavy atom. The van der Waals surface area contributed by atoms with Crippen molar-refractivity contribution < 1.29 is 22.7 Å². The smallest absolute Gasteiger partial charge is 0.410 e. The van der Waals surface area contributed by atoms with Crippen LogP contribution < -0.4 is 5.32 Å². The second-order valence-electron chi connectivity index (χ2n) is 4.18. The van der Waals surface area contributed by atoms with Crippen molar-refractivity contribution in [2.45, 2.75) is 6.04 Å². The molecule has 19 heavy (non-hydrogen) atoms. The number of rotatable bonds is 1. The van der Waals surface area contributed by atoms with Gasteiger partial charge in [-0.25, -0.2) is 18.0 Å². The number of halogens is 3. The van der Waals surface area contributed by atoms with E-state index in [2.05, 4.69) is 10.1 Å². The first-order valence-corrected chi connectivity index (χ1v) is 5.74. The molecule has 1 N–H and O–H groups in total. The van der Waals surface area contributed by atoms with Crippen LogP contribution in [-0.4, -0.2) is 37.7 Å². The van der Waals surface area contributed by atoms with Gasteiger partial charge in [0.25, 0.3) is 0 Å². The maximum Gasteiger partial charge on any atom is 0.410 e. The van der Waals surface area contributed by atoms with E-state index in [4.69, 9.17) is 0 Å². The van der Waals surface area contributed by atoms with E-state index >= 15 is 0 Å². The minimum Gasteiger partial charge on any atom is -0.453 e. The average molecular weight is 274 g/mol. The molecule has 0 aliphatic carbocycles. The van der Waals surface area contributed by atoms with Gasteiger partial charge in [0, 0.05) is 19.6 Å². The number of carbonyl (C=O) groups is 1. The van der Waals surface area contributed by atoms with Crippen LogP contribution in [0.1, 0.15) is 11.6 Å². The van der Waals surface area contributed by atoms with Gasteiger partial charge in [0.1, 0.15) is 0 Å². The number of carbonyl (C=O) groups excluding carboxylic acids is 1. The fraction of sp³-hybridized carbons (Fsp3) is 0.417. The summed E-state index contributed by atoms with van der Waals surface area (Å²) in [5, 5.41) is 3.01. The highest BCUT2D eigenvalue weighted by molar-refractivity contribution is 5.68. The van der Waals surface area contributed by atoms with Crippen LogP contribution in [0.4, 0.5) is 18.0 Å². The third-order valence-electron chi connectivity index (χ3n) is 3.04. The van der Waals surface area contributed by atoms with Crippen LogP contribution in [-0.2, 0) is 4.74 Å². The molecule has 1 heterocycles. The number of nitrogens with zero attached hydrogens (tertiary/aromatic N) is 1. The molecule has 0 aromatic heterocycles. The Hall–Kier alpha value is -1.76. The quantitative estimate of drug-likeness (QED) is 0.794. The molecule has 7 heteroatoms. The van der Waals surface area contributed by atoms with Gasteiger partial charge in [-0.15, -0.1) is 0 Å². The number of ether oxygens (including phenoxy) is 1. The Morgan fingerprint density at radius 1 is 1.37 bits per heavy atom. The van der Waals surface area contributed by atoms with E-state index in [0.717, 1.165) is 12.1 Å². The van der Waals surface area contributed by atoms with E-state index < -0.39 is 29.6 Å². The summed E-state index contributed by atoms with van der Waals surface area (Å²) in [5.41, 5.74) is 0.189. The number of amides is 1. The minimum atomic E-state index is -1.52. The molecule has 1 fully saturated rings. The predicted molar refractivity (Wildman–Crippen MR) is 61.0 cm³/mol. The topological polar surface area (TPSA) is 41.6 Å². The molecule has 1 aromatic carbocycles. The summed E-state index contributed by atoms with van der Waals surface area (Å²) in [6, 6.07) is 1.20. The fourth-order valence-electron chi connectivity index (χ4n) is 2.11. The van der Waals surface area contributed by atoms with Gasteiger partial charge < -0.3 is 10.1 Å². The highest BCUT2D eigenvalue weighted by Crippen LogP contribution is 2.25. The van der Waals surface area contributed by atoms with Crippen molar-refractivity contribution in [2.24, 2.45) is 0 Å². The molecule has 4 nitrogen and oxygen atoms in total. The van der Waals surface area contributed by atoms with E-state index in [1.807, 2.05) is 0 Å². The molecule has 1 amide bonds. The van der Waals surface area contributed by atoms with Gasteiger partial charge >= 0.3 is 6.09 Å². The minimum absolute atomic E-state index is 0.189. The van der Waals surface area contributed by atoms with Crippen molar-refractivity contribution >= 4 is 6.09 Å². The van der Waals surface area contributed by atoms with Crippen LogP contribution in [0.15, 0.2) is 12.1 Å². The lowest BCUT2D eigenvalue weighted by molar-refractivity contribution is 0.0942. The average Bonchev–Trinajstić information content (AvgIpc) is 2.43. The molecule has 104 valence electrons. The maximum atomic E-state index is 13.2. The van der Waals surface area contributed by atoms with Crippen LogP contribution in [0.25, 0.3) is 0 Å². The van der Waals surface area contributed by atoms with Gasteiger partial charge in [-0.3, -0.25) is 4.90 Å². The van der Waals surface area contributed by atoms with Crippen LogP contribution in [0.2, 0.25) is 0 Å². The summed E-state index contributed by atoms with van der Waals surface area (Å²) >= 11 is 0. The monoisotopic (exact) mass is 274 g/mol. The van der Waals surface area contributed by atoms with Crippen molar-refractivity contribution in [1.29, 1.82) is 0 Å². The Kier molecular flexibility index (Phi) is 3.94. The molecule has 2 rings (SSSR count). The standard InChI is InChI=1S/C12H13F3N2O2/c1-19-12(18)17-3-2-16-6-10(17)7-4-8(13)11(15)9(14)5-7/h4-5,10,16H,2-3,6H2,1H3. The molecule has 0 radical (unpaired) electrons. The molecule has 0 saturated carbocycles. The highest BCUT2D eigenvalue weighted by Gasteiger charge is 2.29. The summed E-state index contributed by atoms with van der Waals surface area (Å²) in [5.74, 6) is -4.06. The van der Waals surface area contributed by atoms with Crippen LogP contribution in [0.5, 0.6) is 0 Å². The summed E-state index contributed by atoms with van der Waals surface area (Å²) < 4.78 is 44.0. The lowest BCUT2D eigenvalue weighted by Crippen LogP contribution is -2.48. The number of hydrogen-bond acceptors (Lipinski definition) is 3. The number of benzene rings is 1. The van der Waals surface area contributed by atoms with E-state index in [0.29, 0.717) is 19.6 Å². The first-order valence-electron chi connectivity index (χ1n) is 5.74. The zero-order chi connectivity index (χ0) is 14.0. The summed E-state index contributed by atoms with van der Waals surface area (Å²) in [7, 11) is 1.23. The van der Waals surface area contributed by atoms with Crippen molar-refractivity contribution in [2.75, 3.05) is 26.7 Å². The molecular weight excluding hydrogens is 261 g/mol. The fourth-order valence-corrected chi connectivity index (χ4v) is 2.11. The molecule has 1 atom stereocenters. The lowest BCUT2D eigenvalue weighted by Gasteiger charge is -2.35. The second-order valence-corrected chi connectivity index (χ2v) is 4.18. The van der Waals surface area contributed by atoms with Gasteiger partial charge in [-0.2, -0.15) is 0 Å².